The number of nitrogens with one attached hydrogen (secondary N) is 1. The molecule has 1 aliphatic rings. The Bertz CT molecular complexity index is 772. The molecule has 0 amide bonds. The van der Waals surface area contributed by atoms with E-state index in [4.69, 9.17) is 0 Å². The molecule has 3 aromatic rings. The van der Waals surface area contributed by atoms with Crippen LogP contribution in [0.1, 0.15) is 35.0 Å². The molecule has 0 aliphatic carbocycles. The monoisotopic (exact) mass is 340 g/mol. The van der Waals surface area contributed by atoms with Crippen molar-refractivity contribution in [2.45, 2.75) is 32.2 Å². The molecule has 0 atom stereocenters. The summed E-state index contributed by atoms with van der Waals surface area (Å²) >= 11 is 1.73. The van der Waals surface area contributed by atoms with Gasteiger partial charge in [-0.1, -0.05) is 0 Å². The Morgan fingerprint density at radius 1 is 1.12 bits per heavy atom. The fraction of sp³-hybridized carbons (Fsp3) is 0.412. The number of aryl methyl sites for hydroxylation is 1. The first-order chi connectivity index (χ1) is 11.8. The Kier molecular flexibility index (Phi) is 4.36. The number of hydrogen-bond donors (Lipinski definition) is 1. The molecule has 0 unspecified atom stereocenters. The van der Waals surface area contributed by atoms with Crippen LogP contribution in [-0.2, 0) is 6.54 Å². The Balaban J connectivity index is 1.37. The van der Waals surface area contributed by atoms with Gasteiger partial charge in [-0.15, -0.1) is 11.3 Å². The second-order valence-electron chi connectivity index (χ2n) is 6.26. The summed E-state index contributed by atoms with van der Waals surface area (Å²) in [5, 5.41) is 0. The standard InChI is InChI=1S/C17H20N6S/c1-12-6-21-17(22-12)16-9-19-15(8-20-16)13-2-4-23(5-3-13)10-14-7-18-11-24-14/h6-9,11,13H,2-5,10H2,1H3,(H,21,22). The van der Waals surface area contributed by atoms with Crippen LogP contribution in [0.25, 0.3) is 11.5 Å². The van der Waals surface area contributed by atoms with Crippen LogP contribution in [0, 0.1) is 6.92 Å². The lowest BCUT2D eigenvalue weighted by molar-refractivity contribution is 0.204. The predicted octanol–water partition coefficient (Wildman–Crippen LogP) is 3.01. The molecule has 1 aliphatic heterocycles. The summed E-state index contributed by atoms with van der Waals surface area (Å²) in [6, 6.07) is 0. The molecule has 1 fully saturated rings. The third-order valence-electron chi connectivity index (χ3n) is 4.49. The molecule has 0 saturated carbocycles. The summed E-state index contributed by atoms with van der Waals surface area (Å²) in [6.45, 7) is 5.20. The second kappa shape index (κ2) is 6.78. The Hall–Kier alpha value is -2.12. The van der Waals surface area contributed by atoms with Crippen molar-refractivity contribution in [1.29, 1.82) is 0 Å². The van der Waals surface area contributed by atoms with Gasteiger partial charge in [-0.3, -0.25) is 14.9 Å². The van der Waals surface area contributed by atoms with E-state index in [1.54, 1.807) is 11.3 Å². The highest BCUT2D eigenvalue weighted by atomic mass is 32.1. The van der Waals surface area contributed by atoms with E-state index in [1.807, 2.05) is 37.2 Å². The summed E-state index contributed by atoms with van der Waals surface area (Å²) in [5.41, 5.74) is 4.83. The average molecular weight is 340 g/mol. The highest BCUT2D eigenvalue weighted by Crippen LogP contribution is 2.27. The van der Waals surface area contributed by atoms with Crippen LogP contribution in [0.3, 0.4) is 0 Å². The SMILES string of the molecule is Cc1cnc(-c2cnc(C3CCN(Cc4cncs4)CC3)cn2)[nH]1. The molecule has 3 aromatic heterocycles. The topological polar surface area (TPSA) is 70.6 Å². The maximum absolute atomic E-state index is 4.64. The number of aromatic amines is 1. The minimum Gasteiger partial charge on any atom is -0.341 e. The summed E-state index contributed by atoms with van der Waals surface area (Å²) in [7, 11) is 0. The van der Waals surface area contributed by atoms with E-state index in [1.165, 1.54) is 4.88 Å². The first-order valence-corrected chi connectivity index (χ1v) is 9.09. The molecule has 24 heavy (non-hydrogen) atoms. The normalized spacial score (nSPS) is 16.5. The fourth-order valence-corrected chi connectivity index (χ4v) is 3.78. The zero-order chi connectivity index (χ0) is 16.4. The smallest absolute Gasteiger partial charge is 0.157 e. The first kappa shape index (κ1) is 15.4. The lowest BCUT2D eigenvalue weighted by atomic mass is 9.94. The lowest BCUT2D eigenvalue weighted by Crippen LogP contribution is -2.32. The molecule has 7 heteroatoms. The number of likely N-dealkylation sites (tertiary alicyclic amines) is 1. The van der Waals surface area contributed by atoms with Crippen LogP contribution in [0.2, 0.25) is 0 Å². The molecule has 0 bridgehead atoms. The summed E-state index contributed by atoms with van der Waals surface area (Å²) in [6.07, 6.45) is 9.79. The van der Waals surface area contributed by atoms with E-state index >= 15 is 0 Å². The van der Waals surface area contributed by atoms with Gasteiger partial charge in [0, 0.05) is 41.6 Å². The molecule has 0 aromatic carbocycles. The van der Waals surface area contributed by atoms with Crippen molar-refractivity contribution < 1.29 is 0 Å². The largest absolute Gasteiger partial charge is 0.341 e. The molecule has 4 heterocycles. The van der Waals surface area contributed by atoms with Gasteiger partial charge in [0.15, 0.2) is 5.82 Å². The summed E-state index contributed by atoms with van der Waals surface area (Å²) in [5.74, 6) is 1.29. The molecule has 1 N–H and O–H groups in total. The van der Waals surface area contributed by atoms with Crippen LogP contribution in [0.5, 0.6) is 0 Å². The van der Waals surface area contributed by atoms with Crippen molar-refractivity contribution in [3.63, 3.8) is 0 Å². The number of imidazole rings is 1. The van der Waals surface area contributed by atoms with Gasteiger partial charge in [-0.05, 0) is 32.9 Å². The van der Waals surface area contributed by atoms with E-state index in [-0.39, 0.29) is 0 Å². The number of thiazole rings is 1. The van der Waals surface area contributed by atoms with Crippen molar-refractivity contribution in [1.82, 2.24) is 29.8 Å². The third-order valence-corrected chi connectivity index (χ3v) is 5.25. The molecule has 0 radical (unpaired) electrons. The molecule has 124 valence electrons. The molecule has 0 spiro atoms. The predicted molar refractivity (Wildman–Crippen MR) is 93.7 cm³/mol. The zero-order valence-corrected chi connectivity index (χ0v) is 14.5. The van der Waals surface area contributed by atoms with Crippen LogP contribution < -0.4 is 0 Å². The minimum absolute atomic E-state index is 0.502. The van der Waals surface area contributed by atoms with Gasteiger partial charge in [0.05, 0.1) is 17.4 Å². The Morgan fingerprint density at radius 3 is 2.62 bits per heavy atom. The number of piperidine rings is 1. The van der Waals surface area contributed by atoms with Crippen molar-refractivity contribution >= 4 is 11.3 Å². The van der Waals surface area contributed by atoms with Gasteiger partial charge in [-0.25, -0.2) is 9.97 Å². The van der Waals surface area contributed by atoms with Crippen LogP contribution in [-0.4, -0.2) is 42.9 Å². The number of aromatic nitrogens is 5. The minimum atomic E-state index is 0.502. The number of nitrogens with zero attached hydrogens (tertiary/aromatic N) is 5. The summed E-state index contributed by atoms with van der Waals surface area (Å²) in [4.78, 5) is 24.7. The van der Waals surface area contributed by atoms with E-state index in [9.17, 15) is 0 Å². The van der Waals surface area contributed by atoms with Gasteiger partial charge >= 0.3 is 0 Å². The first-order valence-electron chi connectivity index (χ1n) is 8.21. The lowest BCUT2D eigenvalue weighted by Gasteiger charge is -2.31. The van der Waals surface area contributed by atoms with Gasteiger partial charge in [0.1, 0.15) is 5.69 Å². The van der Waals surface area contributed by atoms with Gasteiger partial charge in [0.2, 0.25) is 0 Å². The van der Waals surface area contributed by atoms with Crippen molar-refractivity contribution in [3.8, 4) is 11.5 Å². The van der Waals surface area contributed by atoms with Gasteiger partial charge in [0.25, 0.3) is 0 Å². The average Bonchev–Trinajstić information content (AvgIpc) is 3.28. The number of rotatable bonds is 4. The van der Waals surface area contributed by atoms with E-state index in [2.05, 4.69) is 29.8 Å². The van der Waals surface area contributed by atoms with Crippen molar-refractivity contribution in [2.75, 3.05) is 13.1 Å². The van der Waals surface area contributed by atoms with Crippen LogP contribution in [0.15, 0.2) is 30.3 Å². The van der Waals surface area contributed by atoms with E-state index < -0.39 is 0 Å². The maximum Gasteiger partial charge on any atom is 0.157 e. The maximum atomic E-state index is 4.64. The number of hydrogen-bond acceptors (Lipinski definition) is 6. The zero-order valence-electron chi connectivity index (χ0n) is 13.6. The Morgan fingerprint density at radius 2 is 2.00 bits per heavy atom. The molecular formula is C17H20N6S. The van der Waals surface area contributed by atoms with Crippen molar-refractivity contribution in [2.24, 2.45) is 0 Å². The highest BCUT2D eigenvalue weighted by Gasteiger charge is 2.22. The highest BCUT2D eigenvalue weighted by molar-refractivity contribution is 7.09. The van der Waals surface area contributed by atoms with E-state index in [0.29, 0.717) is 5.92 Å². The fourth-order valence-electron chi connectivity index (χ4n) is 3.14. The molecule has 1 saturated heterocycles. The molecule has 6 nitrogen and oxygen atoms in total. The second-order valence-corrected chi connectivity index (χ2v) is 7.23. The van der Waals surface area contributed by atoms with E-state index in [0.717, 1.165) is 55.4 Å². The van der Waals surface area contributed by atoms with Crippen LogP contribution in [0.4, 0.5) is 0 Å². The summed E-state index contributed by atoms with van der Waals surface area (Å²) < 4.78 is 0. The third kappa shape index (κ3) is 3.37. The van der Waals surface area contributed by atoms with Crippen molar-refractivity contribution in [3.05, 3.63) is 46.6 Å². The van der Waals surface area contributed by atoms with Crippen LogP contribution >= 0.6 is 11.3 Å². The Labute approximate surface area is 145 Å². The van der Waals surface area contributed by atoms with Gasteiger partial charge in [-0.2, -0.15) is 0 Å². The number of H-pyrrole nitrogens is 1. The molecular weight excluding hydrogens is 320 g/mol. The molecule has 4 rings (SSSR count). The quantitative estimate of drug-likeness (QED) is 0.790. The van der Waals surface area contributed by atoms with Gasteiger partial charge < -0.3 is 4.98 Å².